The summed E-state index contributed by atoms with van der Waals surface area (Å²) >= 11 is 0. The van der Waals surface area contributed by atoms with Crippen LogP contribution in [0.15, 0.2) is 81.2 Å². The van der Waals surface area contributed by atoms with Gasteiger partial charge in [-0.15, -0.1) is 0 Å². The lowest BCUT2D eigenvalue weighted by molar-refractivity contribution is 0.320. The third-order valence-corrected chi connectivity index (χ3v) is 2.78. The molecule has 0 fully saturated rings. The van der Waals surface area contributed by atoms with Crippen LogP contribution in [-0.4, -0.2) is 34.3 Å². The van der Waals surface area contributed by atoms with Crippen molar-refractivity contribution < 1.29 is 10.4 Å². The van der Waals surface area contributed by atoms with Crippen molar-refractivity contribution in [2.45, 2.75) is 0 Å². The molecule has 0 saturated carbocycles. The lowest BCUT2D eigenvalue weighted by atomic mass is 10.1. The highest BCUT2D eigenvalue weighted by Gasteiger charge is 2.00. The summed E-state index contributed by atoms with van der Waals surface area (Å²) in [6.07, 6.45) is 2.62. The van der Waals surface area contributed by atoms with Gasteiger partial charge in [0.2, 0.25) is 0 Å². The van der Waals surface area contributed by atoms with Crippen molar-refractivity contribution in [3.63, 3.8) is 0 Å². The van der Waals surface area contributed by atoms with Crippen LogP contribution < -0.4 is 0 Å². The van der Waals surface area contributed by atoms with Gasteiger partial charge in [-0.25, -0.2) is 0 Å². The summed E-state index contributed by atoms with van der Waals surface area (Å²) in [6.45, 7) is 0. The first-order valence-corrected chi connectivity index (χ1v) is 6.46. The van der Waals surface area contributed by atoms with Crippen molar-refractivity contribution in [1.29, 1.82) is 0 Å². The van der Waals surface area contributed by atoms with Crippen LogP contribution in [0.3, 0.4) is 0 Å². The predicted octanol–water partition coefficient (Wildman–Crippen LogP) is 2.80. The fraction of sp³-hybridized carbons (Fsp3) is 0. The Labute approximate surface area is 127 Å². The van der Waals surface area contributed by atoms with Crippen LogP contribution in [0.5, 0.6) is 0 Å². The Balaban J connectivity index is 2.08. The summed E-state index contributed by atoms with van der Waals surface area (Å²) in [5, 5.41) is 31.9. The van der Waals surface area contributed by atoms with Gasteiger partial charge in [0.25, 0.3) is 0 Å². The molecule has 110 valence electrons. The Morgan fingerprint density at radius 2 is 1.00 bits per heavy atom. The first-order chi connectivity index (χ1) is 10.8. The summed E-state index contributed by atoms with van der Waals surface area (Å²) < 4.78 is 0. The molecule has 0 heterocycles. The summed E-state index contributed by atoms with van der Waals surface area (Å²) in [7, 11) is 0. The molecule has 0 spiro atoms. The highest BCUT2D eigenvalue weighted by atomic mass is 16.4. The van der Waals surface area contributed by atoms with E-state index in [2.05, 4.69) is 20.5 Å². The molecule has 6 nitrogen and oxygen atoms in total. The van der Waals surface area contributed by atoms with E-state index in [-0.39, 0.29) is 11.4 Å². The monoisotopic (exact) mass is 294 g/mol. The highest BCUT2D eigenvalue weighted by molar-refractivity contribution is 6.39. The van der Waals surface area contributed by atoms with Crippen molar-refractivity contribution in [2.24, 2.45) is 20.5 Å². The second kappa shape index (κ2) is 8.11. The van der Waals surface area contributed by atoms with Gasteiger partial charge in [-0.2, -0.15) is 10.2 Å². The molecular formula is C16H14N4O2. The minimum absolute atomic E-state index is 0.278. The number of benzene rings is 2. The minimum atomic E-state index is 0.278. The van der Waals surface area contributed by atoms with Crippen LogP contribution in [0, 0.1) is 0 Å². The second-order valence-corrected chi connectivity index (χ2v) is 4.19. The molecule has 2 aromatic carbocycles. The van der Waals surface area contributed by atoms with E-state index in [0.717, 1.165) is 0 Å². The van der Waals surface area contributed by atoms with Crippen LogP contribution in [0.1, 0.15) is 11.1 Å². The van der Waals surface area contributed by atoms with Crippen molar-refractivity contribution in [1.82, 2.24) is 0 Å². The maximum Gasteiger partial charge on any atom is 0.129 e. The van der Waals surface area contributed by atoms with Gasteiger partial charge >= 0.3 is 0 Å². The number of hydrogen-bond donors (Lipinski definition) is 2. The van der Waals surface area contributed by atoms with Gasteiger partial charge in [-0.3, -0.25) is 0 Å². The molecule has 0 radical (unpaired) electrons. The Morgan fingerprint density at radius 1 is 0.636 bits per heavy atom. The highest BCUT2D eigenvalue weighted by Crippen LogP contribution is 2.01. The van der Waals surface area contributed by atoms with Gasteiger partial charge < -0.3 is 10.4 Å². The first-order valence-electron chi connectivity index (χ1n) is 6.46. The second-order valence-electron chi connectivity index (χ2n) is 4.19. The lowest BCUT2D eigenvalue weighted by Crippen LogP contribution is -2.03. The molecule has 0 saturated heterocycles. The molecule has 2 rings (SSSR count). The molecule has 6 heteroatoms. The van der Waals surface area contributed by atoms with Crippen molar-refractivity contribution in [3.8, 4) is 0 Å². The maximum absolute atomic E-state index is 8.99. The van der Waals surface area contributed by atoms with E-state index in [4.69, 9.17) is 10.4 Å². The zero-order valence-corrected chi connectivity index (χ0v) is 11.6. The van der Waals surface area contributed by atoms with Gasteiger partial charge in [0, 0.05) is 11.1 Å². The number of oxime groups is 2. The number of hydrogen-bond acceptors (Lipinski definition) is 6. The molecule has 0 unspecified atom stereocenters. The largest absolute Gasteiger partial charge is 0.410 e. The van der Waals surface area contributed by atoms with Gasteiger partial charge in [-0.1, -0.05) is 71.0 Å². The lowest BCUT2D eigenvalue weighted by Gasteiger charge is -1.97. The summed E-state index contributed by atoms with van der Waals surface area (Å²) in [4.78, 5) is 0. The fourth-order valence-corrected chi connectivity index (χ4v) is 1.71. The molecule has 0 aliphatic heterocycles. The zero-order chi connectivity index (χ0) is 15.6. The molecule has 0 amide bonds. The van der Waals surface area contributed by atoms with E-state index in [1.54, 1.807) is 24.3 Å². The molecule has 22 heavy (non-hydrogen) atoms. The smallest absolute Gasteiger partial charge is 0.129 e. The zero-order valence-electron chi connectivity index (χ0n) is 11.6. The van der Waals surface area contributed by atoms with E-state index in [9.17, 15) is 0 Å². The van der Waals surface area contributed by atoms with E-state index < -0.39 is 0 Å². The first kappa shape index (κ1) is 15.1. The molecule has 0 aliphatic carbocycles. The fourth-order valence-electron chi connectivity index (χ4n) is 1.71. The van der Waals surface area contributed by atoms with E-state index >= 15 is 0 Å². The third-order valence-electron chi connectivity index (χ3n) is 2.78. The number of nitrogens with zero attached hydrogens (tertiary/aromatic N) is 4. The van der Waals surface area contributed by atoms with E-state index in [0.29, 0.717) is 11.1 Å². The van der Waals surface area contributed by atoms with E-state index in [1.807, 2.05) is 36.4 Å². The van der Waals surface area contributed by atoms with Crippen molar-refractivity contribution >= 4 is 23.9 Å². The molecule has 2 N–H and O–H groups in total. The topological polar surface area (TPSA) is 89.9 Å². The Hall–Kier alpha value is -3.28. The average molecular weight is 294 g/mol. The van der Waals surface area contributed by atoms with Gasteiger partial charge in [-0.05, 0) is 0 Å². The Morgan fingerprint density at radius 3 is 1.32 bits per heavy atom. The van der Waals surface area contributed by atoms with Crippen LogP contribution in [-0.2, 0) is 0 Å². The molecular weight excluding hydrogens is 280 g/mol. The third kappa shape index (κ3) is 4.11. The Bertz CT molecular complexity index is 644. The summed E-state index contributed by atoms with van der Waals surface area (Å²) in [5.41, 5.74) is 1.98. The van der Waals surface area contributed by atoms with E-state index in [1.165, 1.54) is 12.4 Å². The summed E-state index contributed by atoms with van der Waals surface area (Å²) in [6, 6.07) is 18.2. The molecule has 0 aliphatic rings. The summed E-state index contributed by atoms with van der Waals surface area (Å²) in [5.74, 6) is 0. The minimum Gasteiger partial charge on any atom is -0.410 e. The van der Waals surface area contributed by atoms with Crippen molar-refractivity contribution in [3.05, 3.63) is 71.8 Å². The molecule has 0 bridgehead atoms. The van der Waals surface area contributed by atoms with Crippen molar-refractivity contribution in [2.75, 3.05) is 0 Å². The maximum atomic E-state index is 8.99. The van der Waals surface area contributed by atoms with Gasteiger partial charge in [0.1, 0.15) is 11.4 Å². The van der Waals surface area contributed by atoms with Crippen LogP contribution in [0.25, 0.3) is 0 Å². The SMILES string of the molecule is O\N=C(/C=N\N=C/C(=N/O)c1ccccc1)c1ccccc1. The molecule has 0 aromatic heterocycles. The van der Waals surface area contributed by atoms with Crippen LogP contribution in [0.2, 0.25) is 0 Å². The average Bonchev–Trinajstić information content (AvgIpc) is 2.60. The molecule has 0 atom stereocenters. The Kier molecular flexibility index (Phi) is 5.57. The predicted molar refractivity (Wildman–Crippen MR) is 86.5 cm³/mol. The van der Waals surface area contributed by atoms with Crippen LogP contribution >= 0.6 is 0 Å². The molecule has 2 aromatic rings. The van der Waals surface area contributed by atoms with Gasteiger partial charge in [0.15, 0.2) is 0 Å². The van der Waals surface area contributed by atoms with Crippen LogP contribution in [0.4, 0.5) is 0 Å². The van der Waals surface area contributed by atoms with Gasteiger partial charge in [0.05, 0.1) is 12.4 Å². The quantitative estimate of drug-likeness (QED) is 0.504. The number of rotatable bonds is 5. The normalized spacial score (nSPS) is 13.1. The standard InChI is InChI=1S/C16H14N4O2/c21-19-15(13-7-3-1-4-8-13)11-17-18-12-16(20-22)14-9-5-2-6-10-14/h1-12,21-22H/b17-11-,18-12-,19-15-,20-16+.